The summed E-state index contributed by atoms with van der Waals surface area (Å²) in [6.45, 7) is 0. The molecule has 3 aromatic rings. The summed E-state index contributed by atoms with van der Waals surface area (Å²) in [5.41, 5.74) is 2.47. The number of hydrogen-bond acceptors (Lipinski definition) is 7. The van der Waals surface area contributed by atoms with E-state index in [-0.39, 0.29) is 12.1 Å². The zero-order valence-electron chi connectivity index (χ0n) is 16.8. The van der Waals surface area contributed by atoms with Gasteiger partial charge in [0.05, 0.1) is 24.0 Å². The monoisotopic (exact) mass is 472 g/mol. The van der Waals surface area contributed by atoms with Crippen LogP contribution in [-0.4, -0.2) is 43.9 Å². The maximum absolute atomic E-state index is 9.79. The third kappa shape index (κ3) is 3.96. The number of imidazole rings is 1. The van der Waals surface area contributed by atoms with Gasteiger partial charge in [0.2, 0.25) is 5.95 Å². The van der Waals surface area contributed by atoms with Gasteiger partial charge < -0.3 is 25.0 Å². The standard InChI is InChI=1S/C21H25BrN6O2/c1-30-17-10-13(4-9-16(17)22)24-19-18-20(28(11-23-18)14-5-6-14)27-21(26-19)25-12-2-7-15(29)8-3-12/h4,9-12,14-15,29H,2-3,5-8H2,1H3,(H2,24,25,26,27). The molecule has 0 aliphatic heterocycles. The normalized spacial score (nSPS) is 21.6. The Morgan fingerprint density at radius 3 is 2.67 bits per heavy atom. The molecule has 2 aromatic heterocycles. The van der Waals surface area contributed by atoms with Crippen LogP contribution in [0.25, 0.3) is 11.2 Å². The van der Waals surface area contributed by atoms with E-state index >= 15 is 0 Å². The molecule has 0 atom stereocenters. The summed E-state index contributed by atoms with van der Waals surface area (Å²) in [7, 11) is 1.65. The van der Waals surface area contributed by atoms with E-state index in [1.165, 1.54) is 0 Å². The first kappa shape index (κ1) is 19.6. The predicted octanol–water partition coefficient (Wildman–Crippen LogP) is 4.39. The zero-order chi connectivity index (χ0) is 20.7. The number of aromatic nitrogens is 4. The van der Waals surface area contributed by atoms with E-state index in [9.17, 15) is 5.11 Å². The van der Waals surface area contributed by atoms with Gasteiger partial charge in [0.25, 0.3) is 0 Å². The zero-order valence-corrected chi connectivity index (χ0v) is 18.4. The Kier molecular flexibility index (Phi) is 5.24. The highest BCUT2D eigenvalue weighted by Gasteiger charge is 2.27. The molecule has 0 unspecified atom stereocenters. The first-order valence-electron chi connectivity index (χ1n) is 10.4. The van der Waals surface area contributed by atoms with Gasteiger partial charge in [0.15, 0.2) is 17.0 Å². The van der Waals surface area contributed by atoms with Crippen molar-refractivity contribution in [3.63, 3.8) is 0 Å². The molecule has 0 amide bonds. The van der Waals surface area contributed by atoms with E-state index in [4.69, 9.17) is 14.7 Å². The number of halogens is 1. The van der Waals surface area contributed by atoms with Crippen LogP contribution in [0.15, 0.2) is 29.0 Å². The Labute approximate surface area is 183 Å². The third-order valence-electron chi connectivity index (χ3n) is 5.81. The maximum atomic E-state index is 9.79. The van der Waals surface area contributed by atoms with Gasteiger partial charge in [-0.1, -0.05) is 0 Å². The van der Waals surface area contributed by atoms with Gasteiger partial charge >= 0.3 is 0 Å². The van der Waals surface area contributed by atoms with Crippen molar-refractivity contribution in [2.45, 2.75) is 56.7 Å². The summed E-state index contributed by atoms with van der Waals surface area (Å²) < 4.78 is 8.46. The van der Waals surface area contributed by atoms with Crippen LogP contribution >= 0.6 is 15.9 Å². The van der Waals surface area contributed by atoms with Crippen molar-refractivity contribution in [3.05, 3.63) is 29.0 Å². The van der Waals surface area contributed by atoms with E-state index in [1.807, 2.05) is 24.5 Å². The summed E-state index contributed by atoms with van der Waals surface area (Å²) in [5, 5.41) is 16.7. The summed E-state index contributed by atoms with van der Waals surface area (Å²) in [4.78, 5) is 14.2. The van der Waals surface area contributed by atoms with Crippen molar-refractivity contribution in [1.82, 2.24) is 19.5 Å². The van der Waals surface area contributed by atoms with Crippen LogP contribution in [0, 0.1) is 0 Å². The minimum atomic E-state index is -0.188. The van der Waals surface area contributed by atoms with Crippen molar-refractivity contribution in [3.8, 4) is 5.75 Å². The number of nitrogens with one attached hydrogen (secondary N) is 2. The second-order valence-electron chi connectivity index (χ2n) is 8.08. The Bertz CT molecular complexity index is 1060. The Morgan fingerprint density at radius 1 is 1.13 bits per heavy atom. The second-order valence-corrected chi connectivity index (χ2v) is 8.93. The first-order chi connectivity index (χ1) is 14.6. The average molecular weight is 473 g/mol. The van der Waals surface area contributed by atoms with Crippen LogP contribution < -0.4 is 15.4 Å². The summed E-state index contributed by atoms with van der Waals surface area (Å²) in [6.07, 6.45) is 7.44. The van der Waals surface area contributed by atoms with Crippen molar-refractivity contribution in [2.24, 2.45) is 0 Å². The fourth-order valence-electron chi connectivity index (χ4n) is 3.97. The molecule has 2 saturated carbocycles. The molecular formula is C21H25BrN6O2. The highest BCUT2D eigenvalue weighted by atomic mass is 79.9. The highest BCUT2D eigenvalue weighted by molar-refractivity contribution is 9.10. The quantitative estimate of drug-likeness (QED) is 0.489. The Balaban J connectivity index is 1.49. The van der Waals surface area contributed by atoms with Crippen LogP contribution in [0.4, 0.5) is 17.5 Å². The number of aliphatic hydroxyl groups excluding tert-OH is 1. The lowest BCUT2D eigenvalue weighted by Crippen LogP contribution is -2.29. The number of rotatable bonds is 6. The molecule has 30 heavy (non-hydrogen) atoms. The maximum Gasteiger partial charge on any atom is 0.227 e. The van der Waals surface area contributed by atoms with E-state index < -0.39 is 0 Å². The third-order valence-corrected chi connectivity index (χ3v) is 6.46. The molecule has 5 rings (SSSR count). The molecule has 0 bridgehead atoms. The number of hydrogen-bond donors (Lipinski definition) is 3. The smallest absolute Gasteiger partial charge is 0.227 e. The van der Waals surface area contributed by atoms with Crippen molar-refractivity contribution in [1.29, 1.82) is 0 Å². The summed E-state index contributed by atoms with van der Waals surface area (Å²) in [6, 6.07) is 6.57. The fourth-order valence-corrected chi connectivity index (χ4v) is 4.37. The molecular weight excluding hydrogens is 448 g/mol. The van der Waals surface area contributed by atoms with Gasteiger partial charge in [-0.15, -0.1) is 0 Å². The van der Waals surface area contributed by atoms with Crippen molar-refractivity contribution >= 4 is 44.5 Å². The van der Waals surface area contributed by atoms with Crippen LogP contribution in [-0.2, 0) is 0 Å². The van der Waals surface area contributed by atoms with Crippen molar-refractivity contribution in [2.75, 3.05) is 17.7 Å². The molecule has 2 aliphatic rings. The lowest BCUT2D eigenvalue weighted by Gasteiger charge is -2.26. The van der Waals surface area contributed by atoms with Crippen LogP contribution in [0.3, 0.4) is 0 Å². The van der Waals surface area contributed by atoms with Gasteiger partial charge in [-0.2, -0.15) is 9.97 Å². The number of fused-ring (bicyclic) bond motifs is 1. The minimum Gasteiger partial charge on any atom is -0.495 e. The van der Waals surface area contributed by atoms with Gasteiger partial charge in [0.1, 0.15) is 5.75 Å². The van der Waals surface area contributed by atoms with E-state index in [2.05, 4.69) is 36.1 Å². The largest absolute Gasteiger partial charge is 0.495 e. The Morgan fingerprint density at radius 2 is 1.93 bits per heavy atom. The summed E-state index contributed by atoms with van der Waals surface area (Å²) in [5.74, 6) is 2.01. The molecule has 2 fully saturated rings. The summed E-state index contributed by atoms with van der Waals surface area (Å²) >= 11 is 3.49. The molecule has 158 valence electrons. The van der Waals surface area contributed by atoms with E-state index in [0.29, 0.717) is 17.8 Å². The lowest BCUT2D eigenvalue weighted by atomic mass is 9.93. The number of ether oxygens (including phenoxy) is 1. The molecule has 8 nitrogen and oxygen atoms in total. The van der Waals surface area contributed by atoms with E-state index in [0.717, 1.165) is 65.6 Å². The first-order valence-corrected chi connectivity index (χ1v) is 11.2. The molecule has 2 aliphatic carbocycles. The van der Waals surface area contributed by atoms with Gasteiger partial charge in [0, 0.05) is 23.8 Å². The number of aliphatic hydroxyl groups is 1. The molecule has 0 spiro atoms. The number of benzene rings is 1. The SMILES string of the molecule is COc1cc(Nc2nc(NC3CCC(O)CC3)nc3c2ncn3C2CC2)ccc1Br. The minimum absolute atomic E-state index is 0.188. The lowest BCUT2D eigenvalue weighted by molar-refractivity contribution is 0.126. The molecule has 0 radical (unpaired) electrons. The van der Waals surface area contributed by atoms with Crippen LogP contribution in [0.5, 0.6) is 5.75 Å². The van der Waals surface area contributed by atoms with Gasteiger partial charge in [-0.05, 0) is 66.6 Å². The molecule has 3 N–H and O–H groups in total. The fraction of sp³-hybridized carbons (Fsp3) is 0.476. The second kappa shape index (κ2) is 8.03. The van der Waals surface area contributed by atoms with Crippen LogP contribution in [0.1, 0.15) is 44.6 Å². The molecule has 9 heteroatoms. The average Bonchev–Trinajstić information content (AvgIpc) is 3.50. The topological polar surface area (TPSA) is 97.1 Å². The van der Waals surface area contributed by atoms with Crippen molar-refractivity contribution < 1.29 is 9.84 Å². The molecule has 1 aromatic carbocycles. The predicted molar refractivity (Wildman–Crippen MR) is 119 cm³/mol. The van der Waals surface area contributed by atoms with Gasteiger partial charge in [-0.3, -0.25) is 0 Å². The molecule has 2 heterocycles. The number of anilines is 3. The highest BCUT2D eigenvalue weighted by Crippen LogP contribution is 2.38. The number of nitrogens with zero attached hydrogens (tertiary/aromatic N) is 4. The molecule has 0 saturated heterocycles. The van der Waals surface area contributed by atoms with Crippen LogP contribution in [0.2, 0.25) is 0 Å². The van der Waals surface area contributed by atoms with E-state index in [1.54, 1.807) is 7.11 Å². The van der Waals surface area contributed by atoms with Gasteiger partial charge in [-0.25, -0.2) is 4.98 Å². The number of methoxy groups -OCH3 is 1. The Hall–Kier alpha value is -2.39.